The molecule has 0 saturated heterocycles. The van der Waals surface area contributed by atoms with Crippen LogP contribution in [-0.2, 0) is 10.8 Å². The molecule has 0 fully saturated rings. The molecule has 1 aromatic heterocycles. The average Bonchev–Trinajstić information content (AvgIpc) is 2.81. The van der Waals surface area contributed by atoms with Crippen LogP contribution in [0.5, 0.6) is 5.75 Å². The van der Waals surface area contributed by atoms with E-state index in [9.17, 15) is 13.8 Å². The van der Waals surface area contributed by atoms with Crippen molar-refractivity contribution in [3.05, 3.63) is 75.9 Å². The second kappa shape index (κ2) is 11.9. The number of pyridine rings is 1. The third-order valence-corrected chi connectivity index (χ3v) is 5.96. The van der Waals surface area contributed by atoms with Gasteiger partial charge in [-0.1, -0.05) is 23.2 Å². The number of carbonyl (C=O) groups excluding carboxylic acids is 2. The minimum Gasteiger partial charge on any atom is -0.493 e. The first-order valence-corrected chi connectivity index (χ1v) is 12.4. The maximum absolute atomic E-state index is 13.1. The van der Waals surface area contributed by atoms with Crippen LogP contribution < -0.4 is 21.1 Å². The molecular weight excluding hydrogens is 499 g/mol. The van der Waals surface area contributed by atoms with Gasteiger partial charge in [-0.3, -0.25) is 13.8 Å². The molecule has 34 heavy (non-hydrogen) atoms. The van der Waals surface area contributed by atoms with Gasteiger partial charge < -0.3 is 21.1 Å². The van der Waals surface area contributed by atoms with Gasteiger partial charge in [0.1, 0.15) is 11.6 Å². The van der Waals surface area contributed by atoms with Crippen molar-refractivity contribution < 1.29 is 18.5 Å². The molecule has 4 N–H and O–H groups in total. The Morgan fingerprint density at radius 1 is 1.00 bits per heavy atom. The first-order valence-electron chi connectivity index (χ1n) is 10.1. The number of nitrogens with one attached hydrogen (secondary N) is 2. The number of amides is 2. The zero-order chi connectivity index (χ0) is 24.7. The van der Waals surface area contributed by atoms with Gasteiger partial charge >= 0.3 is 0 Å². The molecule has 178 valence electrons. The molecular formula is C23H22Cl2N4O4S. The van der Waals surface area contributed by atoms with Crippen LogP contribution in [0.4, 0.5) is 11.5 Å². The highest BCUT2D eigenvalue weighted by atomic mass is 35.5. The smallest absolute Gasteiger partial charge is 0.259 e. The monoisotopic (exact) mass is 520 g/mol. The predicted octanol–water partition coefficient (Wildman–Crippen LogP) is 4.36. The molecule has 0 aliphatic rings. The van der Waals surface area contributed by atoms with Gasteiger partial charge in [0.15, 0.2) is 0 Å². The largest absolute Gasteiger partial charge is 0.493 e. The third kappa shape index (κ3) is 6.77. The molecule has 0 aliphatic carbocycles. The fourth-order valence-electron chi connectivity index (χ4n) is 2.89. The zero-order valence-corrected chi connectivity index (χ0v) is 20.5. The number of nitrogens with two attached hydrogens (primary N) is 1. The average molecular weight is 521 g/mol. The van der Waals surface area contributed by atoms with Crippen molar-refractivity contribution in [1.82, 2.24) is 4.98 Å². The van der Waals surface area contributed by atoms with E-state index in [1.54, 1.807) is 30.3 Å². The number of ether oxygens (including phenoxy) is 1. The standard InChI is InChI=1S/C23H22Cl2N4O4S/c1-34(32)16-5-6-17(20(12-16)33-10-2-9-26)22(30)28-19-7-3-14(24)11-18(19)23(31)29-21-8-4-15(25)13-27-21/h3-8,11-13H,2,9-10,26H2,1H3,(H,28,30)(H,27,29,31). The topological polar surface area (TPSA) is 123 Å². The van der Waals surface area contributed by atoms with Crippen LogP contribution in [0.2, 0.25) is 10.0 Å². The Bertz CT molecular complexity index is 1220. The molecule has 0 aliphatic heterocycles. The summed E-state index contributed by atoms with van der Waals surface area (Å²) in [5.74, 6) is -0.490. The molecule has 0 spiro atoms. The maximum Gasteiger partial charge on any atom is 0.259 e. The Balaban J connectivity index is 1.87. The Morgan fingerprint density at radius 3 is 2.41 bits per heavy atom. The lowest BCUT2D eigenvalue weighted by Gasteiger charge is -2.15. The van der Waals surface area contributed by atoms with Crippen molar-refractivity contribution in [3.8, 4) is 5.75 Å². The fourth-order valence-corrected chi connectivity index (χ4v) is 3.71. The highest BCUT2D eigenvalue weighted by Crippen LogP contribution is 2.26. The molecule has 2 aromatic carbocycles. The number of anilines is 2. The number of benzene rings is 2. The van der Waals surface area contributed by atoms with Gasteiger partial charge in [-0.25, -0.2) is 4.98 Å². The molecule has 11 heteroatoms. The first kappa shape index (κ1) is 25.6. The summed E-state index contributed by atoms with van der Waals surface area (Å²) >= 11 is 11.9. The lowest BCUT2D eigenvalue weighted by molar-refractivity contribution is 0.102. The van der Waals surface area contributed by atoms with Crippen LogP contribution in [0.1, 0.15) is 27.1 Å². The van der Waals surface area contributed by atoms with Gasteiger partial charge in [-0.2, -0.15) is 0 Å². The maximum atomic E-state index is 13.1. The van der Waals surface area contributed by atoms with Gasteiger partial charge in [0, 0.05) is 33.2 Å². The summed E-state index contributed by atoms with van der Waals surface area (Å²) in [4.78, 5) is 30.6. The molecule has 2 amide bonds. The summed E-state index contributed by atoms with van der Waals surface area (Å²) in [5, 5.41) is 6.11. The van der Waals surface area contributed by atoms with E-state index in [0.717, 1.165) is 0 Å². The van der Waals surface area contributed by atoms with E-state index in [-0.39, 0.29) is 28.4 Å². The number of carbonyl (C=O) groups is 2. The molecule has 0 saturated carbocycles. The molecule has 0 bridgehead atoms. The predicted molar refractivity (Wildman–Crippen MR) is 135 cm³/mol. The molecule has 1 heterocycles. The van der Waals surface area contributed by atoms with Gasteiger partial charge in [0.25, 0.3) is 11.8 Å². The van der Waals surface area contributed by atoms with E-state index in [4.69, 9.17) is 33.7 Å². The SMILES string of the molecule is CS(=O)c1ccc(C(=O)Nc2ccc(Cl)cc2C(=O)Nc2ccc(Cl)cn2)c(OCCCN)c1. The number of hydrogen-bond donors (Lipinski definition) is 3. The van der Waals surface area contributed by atoms with Gasteiger partial charge in [0.05, 0.1) is 28.4 Å². The van der Waals surface area contributed by atoms with Crippen molar-refractivity contribution in [2.45, 2.75) is 11.3 Å². The number of rotatable bonds is 9. The third-order valence-electron chi connectivity index (χ3n) is 4.58. The van der Waals surface area contributed by atoms with Gasteiger partial charge in [0.2, 0.25) is 0 Å². The van der Waals surface area contributed by atoms with E-state index in [0.29, 0.717) is 34.5 Å². The number of hydrogen-bond acceptors (Lipinski definition) is 6. The molecule has 1 atom stereocenters. The highest BCUT2D eigenvalue weighted by molar-refractivity contribution is 7.84. The zero-order valence-electron chi connectivity index (χ0n) is 18.1. The quantitative estimate of drug-likeness (QED) is 0.360. The van der Waals surface area contributed by atoms with Crippen LogP contribution in [0.25, 0.3) is 0 Å². The number of halogens is 2. The molecule has 3 aromatic rings. The Labute approximate surface area is 209 Å². The van der Waals surface area contributed by atoms with Crippen LogP contribution in [0.15, 0.2) is 59.6 Å². The number of aromatic nitrogens is 1. The minimum absolute atomic E-state index is 0.134. The molecule has 8 nitrogen and oxygen atoms in total. The normalized spacial score (nSPS) is 11.5. The Hall–Kier alpha value is -2.98. The van der Waals surface area contributed by atoms with Crippen molar-refractivity contribution in [1.29, 1.82) is 0 Å². The highest BCUT2D eigenvalue weighted by Gasteiger charge is 2.19. The Morgan fingerprint density at radius 2 is 1.74 bits per heavy atom. The molecule has 0 radical (unpaired) electrons. The van der Waals surface area contributed by atoms with E-state index < -0.39 is 22.6 Å². The molecule has 3 rings (SSSR count). The second-order valence-electron chi connectivity index (χ2n) is 7.06. The van der Waals surface area contributed by atoms with E-state index in [2.05, 4.69) is 15.6 Å². The fraction of sp³-hybridized carbons (Fsp3) is 0.174. The summed E-state index contributed by atoms with van der Waals surface area (Å²) in [7, 11) is -1.26. The van der Waals surface area contributed by atoms with Crippen LogP contribution >= 0.6 is 23.2 Å². The van der Waals surface area contributed by atoms with E-state index in [1.165, 1.54) is 30.7 Å². The molecule has 1 unspecified atom stereocenters. The second-order valence-corrected chi connectivity index (χ2v) is 9.32. The van der Waals surface area contributed by atoms with Crippen LogP contribution in [-0.4, -0.2) is 40.4 Å². The van der Waals surface area contributed by atoms with Gasteiger partial charge in [-0.05, 0) is 61.5 Å². The summed E-state index contributed by atoms with van der Waals surface area (Å²) in [6.07, 6.45) is 3.52. The summed E-state index contributed by atoms with van der Waals surface area (Å²) in [6, 6.07) is 12.3. The summed E-state index contributed by atoms with van der Waals surface area (Å²) < 4.78 is 17.6. The first-order chi connectivity index (χ1) is 16.3. The lowest BCUT2D eigenvalue weighted by Crippen LogP contribution is -2.19. The summed E-state index contributed by atoms with van der Waals surface area (Å²) in [5.41, 5.74) is 6.10. The van der Waals surface area contributed by atoms with Gasteiger partial charge in [-0.15, -0.1) is 0 Å². The summed E-state index contributed by atoms with van der Waals surface area (Å²) in [6.45, 7) is 0.714. The minimum atomic E-state index is -1.26. The van der Waals surface area contributed by atoms with Crippen molar-refractivity contribution >= 4 is 57.3 Å². The van der Waals surface area contributed by atoms with Crippen molar-refractivity contribution in [3.63, 3.8) is 0 Å². The lowest BCUT2D eigenvalue weighted by atomic mass is 10.1. The van der Waals surface area contributed by atoms with Crippen molar-refractivity contribution in [2.24, 2.45) is 5.73 Å². The van der Waals surface area contributed by atoms with Crippen LogP contribution in [0, 0.1) is 0 Å². The van der Waals surface area contributed by atoms with E-state index in [1.807, 2.05) is 0 Å². The number of nitrogens with zero attached hydrogens (tertiary/aromatic N) is 1. The van der Waals surface area contributed by atoms with Crippen molar-refractivity contribution in [2.75, 3.05) is 30.0 Å². The van der Waals surface area contributed by atoms with Crippen LogP contribution in [0.3, 0.4) is 0 Å². The van der Waals surface area contributed by atoms with E-state index >= 15 is 0 Å². The Kier molecular flexibility index (Phi) is 9.00.